The van der Waals surface area contributed by atoms with Crippen LogP contribution in [0.5, 0.6) is 0 Å². The number of aryl methyl sites for hydroxylation is 1. The fourth-order valence-corrected chi connectivity index (χ4v) is 5.62. The lowest BCUT2D eigenvalue weighted by molar-refractivity contribution is -0.138. The third kappa shape index (κ3) is 4.52. The normalized spacial score (nSPS) is 18.9. The molecule has 9 heteroatoms. The summed E-state index contributed by atoms with van der Waals surface area (Å²) in [6.07, 6.45) is 2.49. The first-order valence-electron chi connectivity index (χ1n) is 10.5. The lowest BCUT2D eigenvalue weighted by Gasteiger charge is -2.38. The van der Waals surface area contributed by atoms with E-state index in [9.17, 15) is 18.0 Å². The molecular weight excluding hydrogens is 418 g/mol. The van der Waals surface area contributed by atoms with E-state index in [0.29, 0.717) is 62.8 Å². The predicted octanol–water partition coefficient (Wildman–Crippen LogP) is 1.97. The monoisotopic (exact) mass is 445 g/mol. The summed E-state index contributed by atoms with van der Waals surface area (Å²) >= 11 is 0. The van der Waals surface area contributed by atoms with Crippen molar-refractivity contribution in [3.63, 3.8) is 0 Å². The third-order valence-electron chi connectivity index (χ3n) is 6.07. The molecule has 2 amide bonds. The molecule has 0 saturated carbocycles. The van der Waals surface area contributed by atoms with Crippen molar-refractivity contribution in [1.82, 2.24) is 14.1 Å². The summed E-state index contributed by atoms with van der Waals surface area (Å²) < 4.78 is 32.4. The molecule has 3 heterocycles. The van der Waals surface area contributed by atoms with Crippen molar-refractivity contribution >= 4 is 21.8 Å². The number of sulfonamides is 1. The molecule has 2 aliphatic heterocycles. The van der Waals surface area contributed by atoms with Gasteiger partial charge < -0.3 is 14.2 Å². The van der Waals surface area contributed by atoms with E-state index in [0.717, 1.165) is 5.56 Å². The molecule has 4 rings (SSSR count). The topological polar surface area (TPSA) is 91.1 Å². The van der Waals surface area contributed by atoms with Crippen LogP contribution in [0.3, 0.4) is 0 Å². The molecule has 1 aromatic heterocycles. The van der Waals surface area contributed by atoms with Crippen LogP contribution in [0.15, 0.2) is 52.0 Å². The molecule has 0 unspecified atom stereocenters. The lowest BCUT2D eigenvalue weighted by Crippen LogP contribution is -2.53. The molecule has 0 N–H and O–H groups in total. The van der Waals surface area contributed by atoms with Gasteiger partial charge in [0.2, 0.25) is 15.9 Å². The predicted molar refractivity (Wildman–Crippen MR) is 114 cm³/mol. The number of furan rings is 1. The number of hydrogen-bond acceptors (Lipinski definition) is 5. The van der Waals surface area contributed by atoms with Gasteiger partial charge in [-0.05, 0) is 44.0 Å². The van der Waals surface area contributed by atoms with Crippen LogP contribution in [-0.4, -0.2) is 73.6 Å². The van der Waals surface area contributed by atoms with Gasteiger partial charge in [-0.2, -0.15) is 4.31 Å². The van der Waals surface area contributed by atoms with Crippen LogP contribution in [0.1, 0.15) is 29.0 Å². The smallest absolute Gasteiger partial charge is 0.289 e. The van der Waals surface area contributed by atoms with Gasteiger partial charge in [0, 0.05) is 45.2 Å². The second-order valence-electron chi connectivity index (χ2n) is 8.09. The minimum absolute atomic E-state index is 0.0532. The van der Waals surface area contributed by atoms with Crippen LogP contribution < -0.4 is 0 Å². The second-order valence-corrected chi connectivity index (χ2v) is 10.0. The Labute approximate surface area is 182 Å². The quantitative estimate of drug-likeness (QED) is 0.718. The first-order chi connectivity index (χ1) is 14.9. The largest absolute Gasteiger partial charge is 0.459 e. The molecule has 2 aromatic rings. The number of nitrogens with zero attached hydrogens (tertiary/aromatic N) is 3. The Hall–Kier alpha value is -2.65. The standard InChI is InChI=1S/C22H27N3O5S/c1-17-4-6-19(7-5-17)31(28,29)25-10-8-18(9-11-25)21(26)23-12-14-24(15-13-23)22(27)20-3-2-16-30-20/h2-7,16,18H,8-15H2,1H3. The van der Waals surface area contributed by atoms with Crippen molar-refractivity contribution in [2.75, 3.05) is 39.3 Å². The zero-order chi connectivity index (χ0) is 22.0. The Morgan fingerprint density at radius 1 is 0.903 bits per heavy atom. The molecule has 0 radical (unpaired) electrons. The van der Waals surface area contributed by atoms with Gasteiger partial charge in [-0.1, -0.05) is 17.7 Å². The van der Waals surface area contributed by atoms with Crippen molar-refractivity contribution in [3.8, 4) is 0 Å². The molecule has 0 atom stereocenters. The Morgan fingerprint density at radius 3 is 2.10 bits per heavy atom. The summed E-state index contributed by atoms with van der Waals surface area (Å²) in [6.45, 7) is 4.48. The minimum atomic E-state index is -3.54. The number of benzene rings is 1. The molecule has 8 nitrogen and oxygen atoms in total. The van der Waals surface area contributed by atoms with Crippen molar-refractivity contribution in [2.45, 2.75) is 24.7 Å². The summed E-state index contributed by atoms with van der Waals surface area (Å²) in [7, 11) is -3.54. The zero-order valence-corrected chi connectivity index (χ0v) is 18.4. The Bertz CT molecular complexity index is 1020. The van der Waals surface area contributed by atoms with E-state index in [4.69, 9.17) is 4.42 Å². The number of rotatable bonds is 4. The summed E-state index contributed by atoms with van der Waals surface area (Å²) in [5, 5.41) is 0. The Kier molecular flexibility index (Phi) is 6.15. The van der Waals surface area contributed by atoms with E-state index in [2.05, 4.69) is 0 Å². The highest BCUT2D eigenvalue weighted by Gasteiger charge is 2.35. The minimum Gasteiger partial charge on any atom is -0.459 e. The maximum Gasteiger partial charge on any atom is 0.289 e. The van der Waals surface area contributed by atoms with Crippen LogP contribution in [0.25, 0.3) is 0 Å². The van der Waals surface area contributed by atoms with Gasteiger partial charge in [-0.25, -0.2) is 8.42 Å². The number of piperidine rings is 1. The van der Waals surface area contributed by atoms with Gasteiger partial charge in [0.05, 0.1) is 11.2 Å². The number of piperazine rings is 1. The highest BCUT2D eigenvalue weighted by molar-refractivity contribution is 7.89. The molecule has 2 aliphatic rings. The highest BCUT2D eigenvalue weighted by atomic mass is 32.2. The molecule has 31 heavy (non-hydrogen) atoms. The number of carbonyl (C=O) groups excluding carboxylic acids is 2. The first-order valence-corrected chi connectivity index (χ1v) is 12.0. The second kappa shape index (κ2) is 8.84. The summed E-state index contributed by atoms with van der Waals surface area (Å²) in [6, 6.07) is 10.2. The average molecular weight is 446 g/mol. The molecule has 2 saturated heterocycles. The van der Waals surface area contributed by atoms with Crippen LogP contribution in [-0.2, 0) is 14.8 Å². The SMILES string of the molecule is Cc1ccc(S(=O)(=O)N2CCC(C(=O)N3CCN(C(=O)c4ccco4)CC3)CC2)cc1. The molecule has 0 bridgehead atoms. The maximum absolute atomic E-state index is 13.0. The first kappa shape index (κ1) is 21.6. The Balaban J connectivity index is 1.30. The van der Waals surface area contributed by atoms with E-state index in [1.807, 2.05) is 6.92 Å². The number of carbonyl (C=O) groups is 2. The van der Waals surface area contributed by atoms with Gasteiger partial charge in [0.25, 0.3) is 5.91 Å². The van der Waals surface area contributed by atoms with Gasteiger partial charge in [-0.15, -0.1) is 0 Å². The van der Waals surface area contributed by atoms with Crippen molar-refractivity contribution in [1.29, 1.82) is 0 Å². The van der Waals surface area contributed by atoms with Crippen molar-refractivity contribution in [2.24, 2.45) is 5.92 Å². The van der Waals surface area contributed by atoms with E-state index in [1.54, 1.807) is 46.2 Å². The molecule has 1 aromatic carbocycles. The molecule has 0 aliphatic carbocycles. The number of hydrogen-bond donors (Lipinski definition) is 0. The van der Waals surface area contributed by atoms with Crippen molar-refractivity contribution in [3.05, 3.63) is 54.0 Å². The fourth-order valence-electron chi connectivity index (χ4n) is 4.15. The fraction of sp³-hybridized carbons (Fsp3) is 0.455. The van der Waals surface area contributed by atoms with Crippen molar-refractivity contribution < 1.29 is 22.4 Å². The van der Waals surface area contributed by atoms with Gasteiger partial charge in [0.1, 0.15) is 0 Å². The maximum atomic E-state index is 13.0. The Morgan fingerprint density at radius 2 is 1.52 bits per heavy atom. The van der Waals surface area contributed by atoms with E-state index in [1.165, 1.54) is 10.6 Å². The third-order valence-corrected chi connectivity index (χ3v) is 7.99. The number of amides is 2. The van der Waals surface area contributed by atoms with Gasteiger partial charge in [-0.3, -0.25) is 9.59 Å². The van der Waals surface area contributed by atoms with E-state index in [-0.39, 0.29) is 17.7 Å². The van der Waals surface area contributed by atoms with Gasteiger partial charge >= 0.3 is 0 Å². The average Bonchev–Trinajstić information content (AvgIpc) is 3.34. The highest BCUT2D eigenvalue weighted by Crippen LogP contribution is 2.26. The molecule has 166 valence electrons. The summed E-state index contributed by atoms with van der Waals surface area (Å²) in [5.41, 5.74) is 1.01. The van der Waals surface area contributed by atoms with Crippen LogP contribution >= 0.6 is 0 Å². The summed E-state index contributed by atoms with van der Waals surface area (Å²) in [5.74, 6) is 0.0166. The molecule has 2 fully saturated rings. The summed E-state index contributed by atoms with van der Waals surface area (Å²) in [4.78, 5) is 29.1. The van der Waals surface area contributed by atoms with Crippen LogP contribution in [0.2, 0.25) is 0 Å². The van der Waals surface area contributed by atoms with E-state index < -0.39 is 10.0 Å². The van der Waals surface area contributed by atoms with Gasteiger partial charge in [0.15, 0.2) is 5.76 Å². The van der Waals surface area contributed by atoms with Crippen LogP contribution in [0, 0.1) is 12.8 Å². The van der Waals surface area contributed by atoms with Crippen LogP contribution in [0.4, 0.5) is 0 Å². The zero-order valence-electron chi connectivity index (χ0n) is 17.6. The molecule has 0 spiro atoms. The lowest BCUT2D eigenvalue weighted by atomic mass is 9.96. The molecular formula is C22H27N3O5S. The van der Waals surface area contributed by atoms with E-state index >= 15 is 0 Å².